The Morgan fingerprint density at radius 2 is 2.00 bits per heavy atom. The number of halogens is 1. The smallest absolute Gasteiger partial charge is 0.119 e. The summed E-state index contributed by atoms with van der Waals surface area (Å²) < 4.78 is 5.71. The van der Waals surface area contributed by atoms with Gasteiger partial charge >= 0.3 is 0 Å². The van der Waals surface area contributed by atoms with E-state index in [0.29, 0.717) is 6.10 Å². The fraction of sp³-hybridized carbons (Fsp3) is 0.400. The molecule has 3 N–H and O–H groups in total. The molecule has 0 bridgehead atoms. The van der Waals surface area contributed by atoms with E-state index in [0.717, 1.165) is 30.9 Å². The van der Waals surface area contributed by atoms with Crippen LogP contribution in [0.1, 0.15) is 6.42 Å². The lowest BCUT2D eigenvalue weighted by Crippen LogP contribution is -2.19. The van der Waals surface area contributed by atoms with Crippen LogP contribution in [0.25, 0.3) is 0 Å². The number of nitrogen functional groups attached to an aromatic ring is 1. The molecular formula is C10H15ClN2O. The lowest BCUT2D eigenvalue weighted by molar-refractivity contribution is 0.223. The van der Waals surface area contributed by atoms with Gasteiger partial charge in [-0.25, -0.2) is 0 Å². The van der Waals surface area contributed by atoms with Crippen molar-refractivity contribution in [2.75, 3.05) is 18.8 Å². The monoisotopic (exact) mass is 214 g/mol. The van der Waals surface area contributed by atoms with Crippen LogP contribution in [0, 0.1) is 0 Å². The molecule has 0 spiro atoms. The highest BCUT2D eigenvalue weighted by Gasteiger charge is 2.15. The average Bonchev–Trinajstić information content (AvgIpc) is 2.62. The van der Waals surface area contributed by atoms with Gasteiger partial charge in [-0.2, -0.15) is 0 Å². The summed E-state index contributed by atoms with van der Waals surface area (Å²) in [4.78, 5) is 0. The lowest BCUT2D eigenvalue weighted by atomic mass is 10.3. The molecule has 14 heavy (non-hydrogen) atoms. The SMILES string of the molecule is Cl.Nc1ccc(OC2CCNC2)cc1. The van der Waals surface area contributed by atoms with Gasteiger partial charge in [0.15, 0.2) is 0 Å². The van der Waals surface area contributed by atoms with Crippen molar-refractivity contribution < 1.29 is 4.74 Å². The van der Waals surface area contributed by atoms with E-state index >= 15 is 0 Å². The lowest BCUT2D eigenvalue weighted by Gasteiger charge is -2.11. The second-order valence-electron chi connectivity index (χ2n) is 3.30. The van der Waals surface area contributed by atoms with Gasteiger partial charge in [-0.15, -0.1) is 12.4 Å². The second kappa shape index (κ2) is 5.08. The van der Waals surface area contributed by atoms with Crippen molar-refractivity contribution in [3.05, 3.63) is 24.3 Å². The molecule has 1 unspecified atom stereocenters. The highest BCUT2D eigenvalue weighted by Crippen LogP contribution is 2.16. The van der Waals surface area contributed by atoms with E-state index in [-0.39, 0.29) is 12.4 Å². The standard InChI is InChI=1S/C10H14N2O.ClH/c11-8-1-3-9(4-2-8)13-10-5-6-12-7-10;/h1-4,10,12H,5-7,11H2;1H. The Kier molecular flexibility index (Phi) is 4.04. The molecule has 1 atom stereocenters. The Hall–Kier alpha value is -0.930. The maximum absolute atomic E-state index is 5.71. The van der Waals surface area contributed by atoms with Gasteiger partial charge in [0.1, 0.15) is 11.9 Å². The summed E-state index contributed by atoms with van der Waals surface area (Å²) >= 11 is 0. The van der Waals surface area contributed by atoms with E-state index in [1.807, 2.05) is 24.3 Å². The summed E-state index contributed by atoms with van der Waals surface area (Å²) in [6.45, 7) is 2.00. The van der Waals surface area contributed by atoms with E-state index in [1.165, 1.54) is 0 Å². The Morgan fingerprint density at radius 1 is 1.29 bits per heavy atom. The zero-order chi connectivity index (χ0) is 9.10. The fourth-order valence-corrected chi connectivity index (χ4v) is 1.47. The molecule has 1 aromatic rings. The molecule has 2 rings (SSSR count). The van der Waals surface area contributed by atoms with E-state index in [4.69, 9.17) is 10.5 Å². The zero-order valence-corrected chi connectivity index (χ0v) is 8.72. The van der Waals surface area contributed by atoms with Crippen LogP contribution in [-0.2, 0) is 0 Å². The zero-order valence-electron chi connectivity index (χ0n) is 7.90. The van der Waals surface area contributed by atoms with E-state index in [2.05, 4.69) is 5.32 Å². The van der Waals surface area contributed by atoms with Gasteiger partial charge in [0.25, 0.3) is 0 Å². The minimum Gasteiger partial charge on any atom is -0.489 e. The predicted octanol–water partition coefficient (Wildman–Crippen LogP) is 1.43. The van der Waals surface area contributed by atoms with Gasteiger partial charge in [-0.05, 0) is 37.2 Å². The van der Waals surface area contributed by atoms with Gasteiger partial charge < -0.3 is 15.8 Å². The molecule has 0 amide bonds. The summed E-state index contributed by atoms with van der Waals surface area (Å²) in [7, 11) is 0. The van der Waals surface area contributed by atoms with Crippen LogP contribution < -0.4 is 15.8 Å². The molecule has 1 heterocycles. The first-order chi connectivity index (χ1) is 6.34. The van der Waals surface area contributed by atoms with Crippen LogP contribution in [0.2, 0.25) is 0 Å². The van der Waals surface area contributed by atoms with Crippen LogP contribution in [0.4, 0.5) is 5.69 Å². The summed E-state index contributed by atoms with van der Waals surface area (Å²) in [6.07, 6.45) is 1.41. The molecule has 0 saturated carbocycles. The number of nitrogens with two attached hydrogens (primary N) is 1. The molecule has 1 saturated heterocycles. The molecule has 3 nitrogen and oxygen atoms in total. The molecule has 0 radical (unpaired) electrons. The molecule has 0 aliphatic carbocycles. The van der Waals surface area contributed by atoms with Crippen molar-refractivity contribution in [1.82, 2.24) is 5.32 Å². The first-order valence-corrected chi connectivity index (χ1v) is 4.57. The van der Waals surface area contributed by atoms with Crippen molar-refractivity contribution in [2.45, 2.75) is 12.5 Å². The Morgan fingerprint density at radius 3 is 2.57 bits per heavy atom. The molecule has 4 heteroatoms. The number of hydrogen-bond acceptors (Lipinski definition) is 3. The van der Waals surface area contributed by atoms with Crippen molar-refractivity contribution in [1.29, 1.82) is 0 Å². The Bertz CT molecular complexity index is 270. The topological polar surface area (TPSA) is 47.3 Å². The van der Waals surface area contributed by atoms with Crippen molar-refractivity contribution in [2.24, 2.45) is 0 Å². The average molecular weight is 215 g/mol. The minimum absolute atomic E-state index is 0. The highest BCUT2D eigenvalue weighted by atomic mass is 35.5. The number of anilines is 1. The van der Waals surface area contributed by atoms with E-state index in [9.17, 15) is 0 Å². The molecule has 1 aromatic carbocycles. The van der Waals surface area contributed by atoms with Crippen molar-refractivity contribution in [3.63, 3.8) is 0 Å². The quantitative estimate of drug-likeness (QED) is 0.733. The first-order valence-electron chi connectivity index (χ1n) is 4.57. The second-order valence-corrected chi connectivity index (χ2v) is 3.30. The van der Waals surface area contributed by atoms with Gasteiger partial charge in [0, 0.05) is 12.2 Å². The number of hydrogen-bond donors (Lipinski definition) is 2. The molecule has 1 aliphatic rings. The van der Waals surface area contributed by atoms with Crippen LogP contribution in [-0.4, -0.2) is 19.2 Å². The molecule has 1 fully saturated rings. The number of rotatable bonds is 2. The molecule has 1 aliphatic heterocycles. The Balaban J connectivity index is 0.000000980. The van der Waals surface area contributed by atoms with Gasteiger partial charge in [-0.1, -0.05) is 0 Å². The highest BCUT2D eigenvalue weighted by molar-refractivity contribution is 5.85. The van der Waals surface area contributed by atoms with Crippen molar-refractivity contribution >= 4 is 18.1 Å². The number of nitrogens with one attached hydrogen (secondary N) is 1. The summed E-state index contributed by atoms with van der Waals surface area (Å²) in [5.41, 5.74) is 6.34. The third kappa shape index (κ3) is 2.79. The number of ether oxygens (including phenoxy) is 1. The van der Waals surface area contributed by atoms with Crippen LogP contribution in [0.15, 0.2) is 24.3 Å². The Labute approximate surface area is 90.0 Å². The minimum atomic E-state index is 0. The maximum Gasteiger partial charge on any atom is 0.119 e. The van der Waals surface area contributed by atoms with Gasteiger partial charge in [0.2, 0.25) is 0 Å². The van der Waals surface area contributed by atoms with Crippen LogP contribution in [0.3, 0.4) is 0 Å². The predicted molar refractivity (Wildman–Crippen MR) is 60.0 cm³/mol. The fourth-order valence-electron chi connectivity index (χ4n) is 1.47. The first kappa shape index (κ1) is 11.1. The van der Waals surface area contributed by atoms with Gasteiger partial charge in [-0.3, -0.25) is 0 Å². The van der Waals surface area contributed by atoms with Crippen LogP contribution >= 0.6 is 12.4 Å². The third-order valence-corrected chi connectivity index (χ3v) is 2.20. The summed E-state index contributed by atoms with van der Waals surface area (Å²) in [5, 5.41) is 3.25. The molecule has 0 aromatic heterocycles. The molecular weight excluding hydrogens is 200 g/mol. The maximum atomic E-state index is 5.71. The number of benzene rings is 1. The van der Waals surface area contributed by atoms with E-state index < -0.39 is 0 Å². The van der Waals surface area contributed by atoms with E-state index in [1.54, 1.807) is 0 Å². The normalized spacial score (nSPS) is 20.1. The van der Waals surface area contributed by atoms with Crippen LogP contribution in [0.5, 0.6) is 5.75 Å². The van der Waals surface area contributed by atoms with Gasteiger partial charge in [0.05, 0.1) is 0 Å². The summed E-state index contributed by atoms with van der Waals surface area (Å²) in [5.74, 6) is 0.905. The van der Waals surface area contributed by atoms with Crippen molar-refractivity contribution in [3.8, 4) is 5.75 Å². The largest absolute Gasteiger partial charge is 0.489 e. The third-order valence-electron chi connectivity index (χ3n) is 2.20. The summed E-state index contributed by atoms with van der Waals surface area (Å²) in [6, 6.07) is 7.54. The molecule has 78 valence electrons.